The molecular weight excluding hydrogens is 487 g/mol. The number of ether oxygens (including phenoxy) is 1. The predicted octanol–water partition coefficient (Wildman–Crippen LogP) is 5.33. The van der Waals surface area contributed by atoms with E-state index in [1.165, 1.54) is 17.7 Å². The van der Waals surface area contributed by atoms with E-state index >= 15 is 0 Å². The highest BCUT2D eigenvalue weighted by molar-refractivity contribution is 9.10. The van der Waals surface area contributed by atoms with Gasteiger partial charge in [0.05, 0.1) is 28.9 Å². The van der Waals surface area contributed by atoms with Crippen molar-refractivity contribution in [1.29, 1.82) is 0 Å². The number of aliphatic imine (C=N–C) groups is 1. The van der Waals surface area contributed by atoms with Gasteiger partial charge in [0.25, 0.3) is 0 Å². The lowest BCUT2D eigenvalue weighted by atomic mass is 10.0. The molecule has 0 spiro atoms. The van der Waals surface area contributed by atoms with E-state index in [1.54, 1.807) is 19.1 Å². The van der Waals surface area contributed by atoms with Gasteiger partial charge in [0.2, 0.25) is 5.88 Å². The fraction of sp³-hybridized carbons (Fsp3) is 0.227. The first-order chi connectivity index (χ1) is 14.9. The summed E-state index contributed by atoms with van der Waals surface area (Å²) in [6.07, 6.45) is 0.683. The molecule has 0 saturated carbocycles. The second-order valence-corrected chi connectivity index (χ2v) is 8.46. The van der Waals surface area contributed by atoms with Crippen LogP contribution in [0.25, 0.3) is 0 Å². The van der Waals surface area contributed by atoms with Crippen molar-refractivity contribution in [2.75, 3.05) is 6.61 Å². The Labute approximate surface area is 192 Å². The van der Waals surface area contributed by atoms with Gasteiger partial charge in [-0.3, -0.25) is 9.83 Å². The Bertz CT molecular complexity index is 1160. The Kier molecular flexibility index (Phi) is 6.50. The maximum Gasteiger partial charge on any atom is 0.250 e. The summed E-state index contributed by atoms with van der Waals surface area (Å²) < 4.78 is 21.1. The average Bonchev–Trinajstić information content (AvgIpc) is 2.75. The van der Waals surface area contributed by atoms with E-state index < -0.39 is 5.82 Å². The summed E-state index contributed by atoms with van der Waals surface area (Å²) >= 11 is 9.48. The molecule has 0 aliphatic carbocycles. The van der Waals surface area contributed by atoms with Crippen LogP contribution >= 0.6 is 27.5 Å². The van der Waals surface area contributed by atoms with Gasteiger partial charge in [-0.15, -0.1) is 5.10 Å². The third-order valence-corrected chi connectivity index (χ3v) is 5.71. The minimum atomic E-state index is -0.672. The largest absolute Gasteiger partial charge is 0.434 e. The Morgan fingerprint density at radius 3 is 2.87 bits per heavy atom. The van der Waals surface area contributed by atoms with E-state index in [2.05, 4.69) is 49.8 Å². The number of hydroxylamine groups is 1. The first kappa shape index (κ1) is 21.7. The molecule has 1 aromatic heterocycles. The first-order valence-electron chi connectivity index (χ1n) is 9.58. The van der Waals surface area contributed by atoms with Gasteiger partial charge in [0, 0.05) is 4.47 Å². The molecule has 0 fully saturated rings. The van der Waals surface area contributed by atoms with Crippen LogP contribution in [0.2, 0.25) is 5.02 Å². The van der Waals surface area contributed by atoms with Crippen LogP contribution in [0.15, 0.2) is 51.9 Å². The SMILES string of the molecule is Cc1ccc(C[C@@H]2CONC(c3cc(C)nnc3Oc3cccc(Cl)c3F)=N2)c(Br)c1. The quantitative estimate of drug-likeness (QED) is 0.507. The van der Waals surface area contributed by atoms with E-state index in [0.29, 0.717) is 30.1 Å². The maximum atomic E-state index is 14.3. The fourth-order valence-corrected chi connectivity index (χ4v) is 3.96. The molecule has 0 radical (unpaired) electrons. The Balaban J connectivity index is 1.64. The summed E-state index contributed by atoms with van der Waals surface area (Å²) in [4.78, 5) is 10.4. The summed E-state index contributed by atoms with van der Waals surface area (Å²) in [5.74, 6) is -0.188. The normalized spacial score (nSPS) is 15.9. The molecule has 1 N–H and O–H groups in total. The van der Waals surface area contributed by atoms with E-state index in [4.69, 9.17) is 26.2 Å². The standard InChI is InChI=1S/C22H19BrClFN4O2/c1-12-6-7-14(17(23)8-12)10-15-11-30-29-21(26-15)16-9-13(2)27-28-22(16)31-19-5-3-4-18(24)20(19)25/h3-9,15H,10-11H2,1-2H3,(H,26,29)/t15-/m1/s1. The molecule has 0 bridgehead atoms. The van der Waals surface area contributed by atoms with E-state index in [9.17, 15) is 4.39 Å². The molecule has 2 heterocycles. The van der Waals surface area contributed by atoms with Gasteiger partial charge in [-0.25, -0.2) is 9.87 Å². The van der Waals surface area contributed by atoms with E-state index in [1.807, 2.05) is 6.92 Å². The zero-order valence-corrected chi connectivity index (χ0v) is 19.2. The number of rotatable bonds is 5. The molecule has 160 valence electrons. The van der Waals surface area contributed by atoms with Crippen molar-refractivity contribution < 1.29 is 14.0 Å². The van der Waals surface area contributed by atoms with Gasteiger partial charge >= 0.3 is 0 Å². The van der Waals surface area contributed by atoms with Gasteiger partial charge in [0.15, 0.2) is 17.4 Å². The van der Waals surface area contributed by atoms with Crippen LogP contribution in [0.4, 0.5) is 4.39 Å². The average molecular weight is 506 g/mol. The van der Waals surface area contributed by atoms with Crippen molar-refractivity contribution in [2.24, 2.45) is 4.99 Å². The second kappa shape index (κ2) is 9.30. The number of nitrogens with zero attached hydrogens (tertiary/aromatic N) is 3. The highest BCUT2D eigenvalue weighted by Crippen LogP contribution is 2.30. The highest BCUT2D eigenvalue weighted by Gasteiger charge is 2.23. The van der Waals surface area contributed by atoms with Crippen molar-refractivity contribution in [1.82, 2.24) is 15.7 Å². The van der Waals surface area contributed by atoms with Crippen molar-refractivity contribution in [3.63, 3.8) is 0 Å². The molecule has 1 atom stereocenters. The molecule has 0 saturated heterocycles. The molecule has 31 heavy (non-hydrogen) atoms. The minimum absolute atomic E-state index is 0.0423. The third-order valence-electron chi connectivity index (χ3n) is 4.68. The van der Waals surface area contributed by atoms with Crippen molar-refractivity contribution in [2.45, 2.75) is 26.3 Å². The van der Waals surface area contributed by atoms with Crippen LogP contribution in [-0.4, -0.2) is 28.7 Å². The van der Waals surface area contributed by atoms with Gasteiger partial charge in [-0.05, 0) is 55.7 Å². The lowest BCUT2D eigenvalue weighted by Gasteiger charge is -2.23. The summed E-state index contributed by atoms with van der Waals surface area (Å²) in [7, 11) is 0. The van der Waals surface area contributed by atoms with Crippen LogP contribution in [0.5, 0.6) is 11.6 Å². The Morgan fingerprint density at radius 2 is 2.06 bits per heavy atom. The fourth-order valence-electron chi connectivity index (χ4n) is 3.14. The van der Waals surface area contributed by atoms with Crippen molar-refractivity contribution in [3.8, 4) is 11.6 Å². The van der Waals surface area contributed by atoms with Crippen LogP contribution in [-0.2, 0) is 11.3 Å². The number of benzene rings is 2. The lowest BCUT2D eigenvalue weighted by Crippen LogP contribution is -2.37. The van der Waals surface area contributed by atoms with Gasteiger partial charge in [0.1, 0.15) is 0 Å². The monoisotopic (exact) mass is 504 g/mol. The number of hydrogen-bond donors (Lipinski definition) is 1. The molecular formula is C22H19BrClFN4O2. The van der Waals surface area contributed by atoms with Gasteiger partial charge in [-0.2, -0.15) is 5.10 Å². The van der Waals surface area contributed by atoms with Crippen LogP contribution in [0, 0.1) is 19.7 Å². The number of aryl methyl sites for hydroxylation is 2. The molecule has 9 heteroatoms. The molecule has 6 nitrogen and oxygen atoms in total. The molecule has 1 aliphatic heterocycles. The zero-order valence-electron chi connectivity index (χ0n) is 16.8. The predicted molar refractivity (Wildman–Crippen MR) is 120 cm³/mol. The van der Waals surface area contributed by atoms with Crippen LogP contribution in [0.3, 0.4) is 0 Å². The maximum absolute atomic E-state index is 14.3. The molecule has 1 aliphatic rings. The first-order valence-corrected chi connectivity index (χ1v) is 10.7. The highest BCUT2D eigenvalue weighted by atomic mass is 79.9. The summed E-state index contributed by atoms with van der Waals surface area (Å²) in [5.41, 5.74) is 6.30. The van der Waals surface area contributed by atoms with E-state index in [0.717, 1.165) is 10.0 Å². The molecule has 2 aromatic carbocycles. The van der Waals surface area contributed by atoms with Gasteiger partial charge < -0.3 is 4.74 Å². The molecule has 3 aromatic rings. The van der Waals surface area contributed by atoms with Gasteiger partial charge in [-0.1, -0.05) is 45.7 Å². The summed E-state index contributed by atoms with van der Waals surface area (Å²) in [6, 6.07) is 12.3. The molecule has 0 amide bonds. The topological polar surface area (TPSA) is 68.6 Å². The molecule has 4 rings (SSSR count). The Morgan fingerprint density at radius 1 is 1.23 bits per heavy atom. The van der Waals surface area contributed by atoms with Crippen LogP contribution < -0.4 is 10.2 Å². The summed E-state index contributed by atoms with van der Waals surface area (Å²) in [6.45, 7) is 4.24. The van der Waals surface area contributed by atoms with Crippen LogP contribution in [0.1, 0.15) is 22.4 Å². The van der Waals surface area contributed by atoms with E-state index in [-0.39, 0.29) is 22.7 Å². The Hall–Kier alpha value is -2.55. The number of aromatic nitrogens is 2. The molecule has 0 unspecified atom stereocenters. The zero-order chi connectivity index (χ0) is 22.0. The summed E-state index contributed by atoms with van der Waals surface area (Å²) in [5, 5.41) is 8.07. The smallest absolute Gasteiger partial charge is 0.250 e. The van der Waals surface area contributed by atoms with Crippen molar-refractivity contribution in [3.05, 3.63) is 80.2 Å². The number of nitrogens with one attached hydrogen (secondary N) is 1. The number of halogens is 3. The van der Waals surface area contributed by atoms with Crippen molar-refractivity contribution >= 4 is 33.4 Å². The number of hydrogen-bond acceptors (Lipinski definition) is 6. The lowest BCUT2D eigenvalue weighted by molar-refractivity contribution is 0.0623. The number of amidine groups is 1. The minimum Gasteiger partial charge on any atom is -0.434 e. The second-order valence-electron chi connectivity index (χ2n) is 7.20. The third kappa shape index (κ3) is 5.03.